The SMILES string of the molecule is Cc1ccc(C(C)NC(=O)CCOc2ccccc2N)o1. The first-order valence-corrected chi connectivity index (χ1v) is 6.89. The topological polar surface area (TPSA) is 77.5 Å². The van der Waals surface area contributed by atoms with Gasteiger partial charge in [-0.2, -0.15) is 0 Å². The van der Waals surface area contributed by atoms with Crippen LogP contribution in [-0.4, -0.2) is 12.5 Å². The normalized spacial score (nSPS) is 11.9. The Morgan fingerprint density at radius 3 is 2.76 bits per heavy atom. The van der Waals surface area contributed by atoms with Crippen molar-refractivity contribution >= 4 is 11.6 Å². The number of amides is 1. The Bertz CT molecular complexity index is 607. The number of nitrogens with one attached hydrogen (secondary N) is 1. The van der Waals surface area contributed by atoms with Crippen molar-refractivity contribution in [3.05, 3.63) is 47.9 Å². The molecule has 0 fully saturated rings. The maximum atomic E-state index is 11.8. The molecule has 0 spiro atoms. The Morgan fingerprint density at radius 2 is 2.10 bits per heavy atom. The van der Waals surface area contributed by atoms with E-state index >= 15 is 0 Å². The first-order valence-electron chi connectivity index (χ1n) is 6.89. The number of ether oxygens (including phenoxy) is 1. The molecular formula is C16H20N2O3. The number of hydrogen-bond acceptors (Lipinski definition) is 4. The number of nitrogens with two attached hydrogens (primary N) is 1. The molecule has 0 bridgehead atoms. The summed E-state index contributed by atoms with van der Waals surface area (Å²) in [5.74, 6) is 2.08. The van der Waals surface area contributed by atoms with Crippen LogP contribution in [0.5, 0.6) is 5.75 Å². The summed E-state index contributed by atoms with van der Waals surface area (Å²) in [6.45, 7) is 4.03. The predicted molar refractivity (Wildman–Crippen MR) is 81.0 cm³/mol. The smallest absolute Gasteiger partial charge is 0.224 e. The van der Waals surface area contributed by atoms with Gasteiger partial charge < -0.3 is 20.2 Å². The number of nitrogen functional groups attached to an aromatic ring is 1. The van der Waals surface area contributed by atoms with Crippen LogP contribution in [0.3, 0.4) is 0 Å². The van der Waals surface area contributed by atoms with Crippen molar-refractivity contribution in [2.45, 2.75) is 26.3 Å². The van der Waals surface area contributed by atoms with E-state index in [2.05, 4.69) is 5.32 Å². The fourth-order valence-electron chi connectivity index (χ4n) is 1.94. The van der Waals surface area contributed by atoms with Crippen molar-refractivity contribution in [1.29, 1.82) is 0 Å². The van der Waals surface area contributed by atoms with Crippen LogP contribution < -0.4 is 15.8 Å². The highest BCUT2D eigenvalue weighted by molar-refractivity contribution is 5.76. The summed E-state index contributed by atoms with van der Waals surface area (Å²) in [6.07, 6.45) is 0.262. The molecular weight excluding hydrogens is 268 g/mol. The van der Waals surface area contributed by atoms with Crippen molar-refractivity contribution in [1.82, 2.24) is 5.32 Å². The van der Waals surface area contributed by atoms with Crippen molar-refractivity contribution in [2.75, 3.05) is 12.3 Å². The molecule has 3 N–H and O–H groups in total. The molecule has 5 heteroatoms. The lowest BCUT2D eigenvalue weighted by atomic mass is 10.2. The highest BCUT2D eigenvalue weighted by Gasteiger charge is 2.12. The van der Waals surface area contributed by atoms with E-state index in [1.165, 1.54) is 0 Å². The van der Waals surface area contributed by atoms with Gasteiger partial charge in [-0.1, -0.05) is 12.1 Å². The summed E-state index contributed by atoms with van der Waals surface area (Å²) in [4.78, 5) is 11.8. The molecule has 1 aromatic heterocycles. The lowest BCUT2D eigenvalue weighted by molar-refractivity contribution is -0.122. The molecule has 0 aliphatic rings. The summed E-state index contributed by atoms with van der Waals surface area (Å²) < 4.78 is 11.0. The molecule has 112 valence electrons. The largest absolute Gasteiger partial charge is 0.491 e. The number of rotatable bonds is 6. The van der Waals surface area contributed by atoms with E-state index in [1.54, 1.807) is 12.1 Å². The lowest BCUT2D eigenvalue weighted by Crippen LogP contribution is -2.27. The van der Waals surface area contributed by atoms with E-state index in [0.717, 1.165) is 11.5 Å². The Balaban J connectivity index is 1.76. The minimum atomic E-state index is -0.159. The molecule has 1 amide bonds. The standard InChI is InChI=1S/C16H20N2O3/c1-11-7-8-14(21-11)12(2)18-16(19)9-10-20-15-6-4-3-5-13(15)17/h3-8,12H,9-10,17H2,1-2H3,(H,18,19). The van der Waals surface area contributed by atoms with Gasteiger partial charge in [-0.15, -0.1) is 0 Å². The fraction of sp³-hybridized carbons (Fsp3) is 0.312. The van der Waals surface area contributed by atoms with E-state index < -0.39 is 0 Å². The third-order valence-electron chi connectivity index (χ3n) is 3.07. The predicted octanol–water partition coefficient (Wildman–Crippen LogP) is 2.82. The van der Waals surface area contributed by atoms with Crippen LogP contribution in [-0.2, 0) is 4.79 Å². The minimum Gasteiger partial charge on any atom is -0.491 e. The Morgan fingerprint density at radius 1 is 1.33 bits per heavy atom. The van der Waals surface area contributed by atoms with Gasteiger partial charge in [-0.3, -0.25) is 4.79 Å². The minimum absolute atomic E-state index is 0.0916. The number of hydrogen-bond donors (Lipinski definition) is 2. The molecule has 0 saturated carbocycles. The molecule has 0 aliphatic heterocycles. The monoisotopic (exact) mass is 288 g/mol. The van der Waals surface area contributed by atoms with E-state index in [1.807, 2.05) is 38.1 Å². The quantitative estimate of drug-likeness (QED) is 0.801. The maximum absolute atomic E-state index is 11.8. The van der Waals surface area contributed by atoms with E-state index in [4.69, 9.17) is 14.9 Å². The Labute approximate surface area is 124 Å². The zero-order valence-electron chi connectivity index (χ0n) is 12.3. The molecule has 1 unspecified atom stereocenters. The van der Waals surface area contributed by atoms with Crippen molar-refractivity contribution in [2.24, 2.45) is 0 Å². The van der Waals surface area contributed by atoms with Gasteiger partial charge in [0.05, 0.1) is 24.8 Å². The highest BCUT2D eigenvalue weighted by atomic mass is 16.5. The summed E-state index contributed by atoms with van der Waals surface area (Å²) in [7, 11) is 0. The molecule has 0 radical (unpaired) electrons. The van der Waals surface area contributed by atoms with Crippen LogP contribution in [0.25, 0.3) is 0 Å². The third-order valence-corrected chi connectivity index (χ3v) is 3.07. The highest BCUT2D eigenvalue weighted by Crippen LogP contribution is 2.20. The van der Waals surface area contributed by atoms with E-state index in [9.17, 15) is 4.79 Å². The molecule has 2 rings (SSSR count). The van der Waals surface area contributed by atoms with Gasteiger partial charge in [0.1, 0.15) is 17.3 Å². The second kappa shape index (κ2) is 6.83. The molecule has 21 heavy (non-hydrogen) atoms. The van der Waals surface area contributed by atoms with Gasteiger partial charge in [0.25, 0.3) is 0 Å². The molecule has 1 heterocycles. The van der Waals surface area contributed by atoms with Crippen molar-refractivity contribution in [3.8, 4) is 5.75 Å². The second-order valence-corrected chi connectivity index (χ2v) is 4.87. The number of benzene rings is 1. The van der Waals surface area contributed by atoms with Gasteiger partial charge in [0, 0.05) is 0 Å². The van der Waals surface area contributed by atoms with Gasteiger partial charge in [0.2, 0.25) is 5.91 Å². The average molecular weight is 288 g/mol. The van der Waals surface area contributed by atoms with Crippen molar-refractivity contribution < 1.29 is 13.9 Å². The molecule has 1 aromatic carbocycles. The van der Waals surface area contributed by atoms with Crippen LogP contribution in [0, 0.1) is 6.92 Å². The van der Waals surface area contributed by atoms with Gasteiger partial charge in [-0.25, -0.2) is 0 Å². The fourth-order valence-corrected chi connectivity index (χ4v) is 1.94. The molecule has 2 aromatic rings. The summed E-state index contributed by atoms with van der Waals surface area (Å²) in [5, 5.41) is 2.87. The summed E-state index contributed by atoms with van der Waals surface area (Å²) >= 11 is 0. The number of anilines is 1. The lowest BCUT2D eigenvalue weighted by Gasteiger charge is -2.12. The van der Waals surface area contributed by atoms with Crippen LogP contribution in [0.4, 0.5) is 5.69 Å². The first-order chi connectivity index (χ1) is 10.1. The molecule has 0 saturated heterocycles. The summed E-state index contributed by atoms with van der Waals surface area (Å²) in [5.41, 5.74) is 6.33. The number of carbonyl (C=O) groups is 1. The van der Waals surface area contributed by atoms with Gasteiger partial charge in [-0.05, 0) is 38.1 Å². The zero-order valence-corrected chi connectivity index (χ0v) is 12.3. The van der Waals surface area contributed by atoms with Crippen LogP contribution >= 0.6 is 0 Å². The van der Waals surface area contributed by atoms with Crippen LogP contribution in [0.2, 0.25) is 0 Å². The zero-order chi connectivity index (χ0) is 15.2. The third kappa shape index (κ3) is 4.27. The Hall–Kier alpha value is -2.43. The van der Waals surface area contributed by atoms with E-state index in [0.29, 0.717) is 11.4 Å². The molecule has 0 aliphatic carbocycles. The molecule has 1 atom stereocenters. The van der Waals surface area contributed by atoms with Crippen LogP contribution in [0.15, 0.2) is 40.8 Å². The Kier molecular flexibility index (Phi) is 4.87. The number of carbonyl (C=O) groups excluding carboxylic acids is 1. The summed E-state index contributed by atoms with van der Waals surface area (Å²) in [6, 6.07) is 10.8. The molecule has 5 nitrogen and oxygen atoms in total. The van der Waals surface area contributed by atoms with Crippen molar-refractivity contribution in [3.63, 3.8) is 0 Å². The van der Waals surface area contributed by atoms with Gasteiger partial charge in [0.15, 0.2) is 0 Å². The maximum Gasteiger partial charge on any atom is 0.224 e. The number of aryl methyl sites for hydroxylation is 1. The number of para-hydroxylation sites is 2. The van der Waals surface area contributed by atoms with Gasteiger partial charge >= 0.3 is 0 Å². The second-order valence-electron chi connectivity index (χ2n) is 4.87. The van der Waals surface area contributed by atoms with E-state index in [-0.39, 0.29) is 25.0 Å². The van der Waals surface area contributed by atoms with Crippen LogP contribution in [0.1, 0.15) is 30.9 Å². The first kappa shape index (κ1) is 15.0. The number of furan rings is 1. The average Bonchev–Trinajstić information content (AvgIpc) is 2.88.